The molecule has 0 aromatic carbocycles. The molecule has 0 aliphatic heterocycles. The van der Waals surface area contributed by atoms with Gasteiger partial charge in [0.15, 0.2) is 0 Å². The van der Waals surface area contributed by atoms with Crippen LogP contribution in [0.5, 0.6) is 0 Å². The van der Waals surface area contributed by atoms with Gasteiger partial charge in [0.1, 0.15) is 0 Å². The number of allylic oxidation sites excluding steroid dienone is 3. The fraction of sp³-hybridized carbons (Fsp3) is 0.857. The van der Waals surface area contributed by atoms with E-state index in [4.69, 9.17) is 0 Å². The molecule has 3 fully saturated rings. The zero-order chi connectivity index (χ0) is 19.6. The van der Waals surface area contributed by atoms with Crippen LogP contribution in [-0.4, -0.2) is 0 Å². The Hall–Kier alpha value is -0.520. The lowest BCUT2D eigenvalue weighted by Crippen LogP contribution is -2.25. The van der Waals surface area contributed by atoms with E-state index in [-0.39, 0.29) is 0 Å². The third-order valence-electron chi connectivity index (χ3n) is 8.85. The summed E-state index contributed by atoms with van der Waals surface area (Å²) in [6.07, 6.45) is 32.1. The maximum absolute atomic E-state index is 3.87. The molecule has 3 aliphatic rings. The summed E-state index contributed by atoms with van der Waals surface area (Å²) >= 11 is 0. The SMILES string of the molecule is C=CCC[C@H]1CC[C@H](/C=C/CCC2CCC([C@H]3CC[C@H](CC)CC3)CC2)CC1. The molecule has 0 aromatic rings. The Morgan fingerprint density at radius 3 is 1.68 bits per heavy atom. The van der Waals surface area contributed by atoms with Gasteiger partial charge in [0, 0.05) is 0 Å². The van der Waals surface area contributed by atoms with Gasteiger partial charge in [0.2, 0.25) is 0 Å². The molecule has 3 aliphatic carbocycles. The van der Waals surface area contributed by atoms with Crippen LogP contribution in [0, 0.1) is 35.5 Å². The van der Waals surface area contributed by atoms with Crippen LogP contribution in [0.3, 0.4) is 0 Å². The molecular formula is C28H48. The first-order valence-corrected chi connectivity index (χ1v) is 13.1. The summed E-state index contributed by atoms with van der Waals surface area (Å²) in [5.41, 5.74) is 0. The van der Waals surface area contributed by atoms with Crippen LogP contribution >= 0.6 is 0 Å². The molecule has 3 saturated carbocycles. The first-order chi connectivity index (χ1) is 13.8. The molecular weight excluding hydrogens is 336 g/mol. The van der Waals surface area contributed by atoms with E-state index < -0.39 is 0 Å². The van der Waals surface area contributed by atoms with Crippen molar-refractivity contribution in [3.05, 3.63) is 24.8 Å². The van der Waals surface area contributed by atoms with Crippen LogP contribution in [0.25, 0.3) is 0 Å². The minimum Gasteiger partial charge on any atom is -0.103 e. The summed E-state index contributed by atoms with van der Waals surface area (Å²) in [4.78, 5) is 0. The molecule has 0 atom stereocenters. The van der Waals surface area contributed by atoms with Crippen LogP contribution in [0.15, 0.2) is 24.8 Å². The largest absolute Gasteiger partial charge is 0.103 e. The van der Waals surface area contributed by atoms with E-state index in [1.807, 2.05) is 0 Å². The van der Waals surface area contributed by atoms with Crippen LogP contribution in [0.2, 0.25) is 0 Å². The molecule has 28 heavy (non-hydrogen) atoms. The third kappa shape index (κ3) is 7.07. The Bertz CT molecular complexity index is 437. The van der Waals surface area contributed by atoms with Gasteiger partial charge < -0.3 is 0 Å². The predicted octanol–water partition coefficient (Wildman–Crippen LogP) is 9.12. The Kier molecular flexibility index (Phi) is 9.69. The maximum Gasteiger partial charge on any atom is -0.0233 e. The van der Waals surface area contributed by atoms with Gasteiger partial charge in [-0.2, -0.15) is 0 Å². The van der Waals surface area contributed by atoms with Crippen molar-refractivity contribution in [3.63, 3.8) is 0 Å². The number of hydrogen-bond acceptors (Lipinski definition) is 0. The van der Waals surface area contributed by atoms with Gasteiger partial charge in [0.05, 0.1) is 0 Å². The first-order valence-electron chi connectivity index (χ1n) is 13.1. The van der Waals surface area contributed by atoms with Crippen LogP contribution < -0.4 is 0 Å². The van der Waals surface area contributed by atoms with Crippen molar-refractivity contribution in [1.82, 2.24) is 0 Å². The number of hydrogen-bond donors (Lipinski definition) is 0. The van der Waals surface area contributed by atoms with Crippen molar-refractivity contribution < 1.29 is 0 Å². The lowest BCUT2D eigenvalue weighted by Gasteiger charge is -2.37. The van der Waals surface area contributed by atoms with Gasteiger partial charge >= 0.3 is 0 Å². The lowest BCUT2D eigenvalue weighted by atomic mass is 9.68. The fourth-order valence-electron chi connectivity index (χ4n) is 6.66. The molecule has 0 bridgehead atoms. The molecule has 0 spiro atoms. The van der Waals surface area contributed by atoms with E-state index in [0.29, 0.717) is 0 Å². The summed E-state index contributed by atoms with van der Waals surface area (Å²) in [7, 11) is 0. The quantitative estimate of drug-likeness (QED) is 0.348. The van der Waals surface area contributed by atoms with Crippen molar-refractivity contribution in [2.75, 3.05) is 0 Å². The smallest absolute Gasteiger partial charge is 0.0233 e. The summed E-state index contributed by atoms with van der Waals surface area (Å²) in [5.74, 6) is 6.12. The molecule has 0 N–H and O–H groups in total. The Labute approximate surface area is 176 Å². The van der Waals surface area contributed by atoms with Crippen molar-refractivity contribution in [3.8, 4) is 0 Å². The molecule has 0 aromatic heterocycles. The summed E-state index contributed by atoms with van der Waals surface area (Å²) in [6.45, 7) is 6.26. The molecule has 0 saturated heterocycles. The van der Waals surface area contributed by atoms with Gasteiger partial charge in [-0.15, -0.1) is 6.58 Å². The second kappa shape index (κ2) is 12.2. The third-order valence-corrected chi connectivity index (χ3v) is 8.85. The van der Waals surface area contributed by atoms with Crippen LogP contribution in [0.4, 0.5) is 0 Å². The second-order valence-corrected chi connectivity index (χ2v) is 10.6. The van der Waals surface area contributed by atoms with Crippen molar-refractivity contribution >= 4 is 0 Å². The zero-order valence-electron chi connectivity index (χ0n) is 18.9. The topological polar surface area (TPSA) is 0 Å². The molecule has 0 unspecified atom stereocenters. The summed E-state index contributed by atoms with van der Waals surface area (Å²) in [5, 5.41) is 0. The van der Waals surface area contributed by atoms with Gasteiger partial charge in [0.25, 0.3) is 0 Å². The standard InChI is InChI=1S/C28H48/c1-3-5-8-24-11-13-25(14-12-24)9-6-7-10-26-17-21-28(22-18-26)27-19-15-23(4-2)16-20-27/h3,6,9,23-28H,1,4-5,7-8,10-22H2,2H3/b9-6+/t23-,24-,25-,26?,27-,28?. The Balaban J connectivity index is 1.25. The van der Waals surface area contributed by atoms with E-state index in [9.17, 15) is 0 Å². The molecule has 0 amide bonds. The zero-order valence-corrected chi connectivity index (χ0v) is 18.9. The molecule has 160 valence electrons. The average Bonchev–Trinajstić information content (AvgIpc) is 2.76. The summed E-state index contributed by atoms with van der Waals surface area (Å²) < 4.78 is 0. The van der Waals surface area contributed by atoms with E-state index >= 15 is 0 Å². The highest BCUT2D eigenvalue weighted by atomic mass is 14.4. The van der Waals surface area contributed by atoms with Gasteiger partial charge in [-0.1, -0.05) is 57.3 Å². The average molecular weight is 385 g/mol. The van der Waals surface area contributed by atoms with Gasteiger partial charge in [-0.3, -0.25) is 0 Å². The molecule has 3 rings (SSSR count). The molecule has 0 radical (unpaired) electrons. The normalized spacial score (nSPS) is 37.2. The first kappa shape index (κ1) is 22.2. The van der Waals surface area contributed by atoms with E-state index in [1.165, 1.54) is 83.5 Å². The highest BCUT2D eigenvalue weighted by molar-refractivity contribution is 4.92. The fourth-order valence-corrected chi connectivity index (χ4v) is 6.66. The Morgan fingerprint density at radius 1 is 0.643 bits per heavy atom. The highest BCUT2D eigenvalue weighted by Gasteiger charge is 2.30. The molecule has 0 heterocycles. The Morgan fingerprint density at radius 2 is 1.14 bits per heavy atom. The van der Waals surface area contributed by atoms with Crippen molar-refractivity contribution in [2.24, 2.45) is 35.5 Å². The maximum atomic E-state index is 3.87. The highest BCUT2D eigenvalue weighted by Crippen LogP contribution is 2.42. The monoisotopic (exact) mass is 384 g/mol. The summed E-state index contributed by atoms with van der Waals surface area (Å²) in [6, 6.07) is 0. The molecule has 0 nitrogen and oxygen atoms in total. The van der Waals surface area contributed by atoms with Crippen molar-refractivity contribution in [2.45, 2.75) is 116 Å². The predicted molar refractivity (Wildman–Crippen MR) is 124 cm³/mol. The van der Waals surface area contributed by atoms with E-state index in [0.717, 1.165) is 35.5 Å². The lowest BCUT2D eigenvalue weighted by molar-refractivity contribution is 0.143. The van der Waals surface area contributed by atoms with Crippen LogP contribution in [-0.2, 0) is 0 Å². The minimum atomic E-state index is 0.883. The van der Waals surface area contributed by atoms with Gasteiger partial charge in [-0.25, -0.2) is 0 Å². The molecule has 0 heteroatoms. The minimum absolute atomic E-state index is 0.883. The van der Waals surface area contributed by atoms with E-state index in [1.54, 1.807) is 25.7 Å². The van der Waals surface area contributed by atoms with Crippen molar-refractivity contribution in [1.29, 1.82) is 0 Å². The van der Waals surface area contributed by atoms with Gasteiger partial charge in [-0.05, 0) is 113 Å². The second-order valence-electron chi connectivity index (χ2n) is 10.6. The number of rotatable bonds is 9. The van der Waals surface area contributed by atoms with Crippen LogP contribution in [0.1, 0.15) is 116 Å². The van der Waals surface area contributed by atoms with E-state index in [2.05, 4.69) is 31.7 Å².